The summed E-state index contributed by atoms with van der Waals surface area (Å²) in [5.41, 5.74) is 1.37. The summed E-state index contributed by atoms with van der Waals surface area (Å²) in [4.78, 5) is 32.1. The Kier molecular flexibility index (Phi) is 3.29. The molecule has 5 heteroatoms. The molecule has 0 radical (unpaired) electrons. The summed E-state index contributed by atoms with van der Waals surface area (Å²) in [5, 5.41) is 0. The molecule has 0 unspecified atom stereocenters. The van der Waals surface area contributed by atoms with Crippen LogP contribution in [0.25, 0.3) is 0 Å². The van der Waals surface area contributed by atoms with Crippen LogP contribution in [0.15, 0.2) is 47.4 Å². The Balaban J connectivity index is 1.63. The molecule has 2 fully saturated rings. The molecule has 1 aliphatic heterocycles. The molecule has 4 rings (SSSR count). The molecule has 2 aromatic rings. The molecule has 1 aromatic carbocycles. The van der Waals surface area contributed by atoms with Gasteiger partial charge in [0.15, 0.2) is 0 Å². The van der Waals surface area contributed by atoms with Gasteiger partial charge in [-0.1, -0.05) is 36.8 Å². The molecule has 1 N–H and O–H groups in total. The number of hydrogen-bond acceptors (Lipinski definition) is 3. The van der Waals surface area contributed by atoms with Crippen molar-refractivity contribution in [2.45, 2.75) is 25.2 Å². The summed E-state index contributed by atoms with van der Waals surface area (Å²) < 4.78 is 0. The highest BCUT2D eigenvalue weighted by atomic mass is 16.2. The summed E-state index contributed by atoms with van der Waals surface area (Å²) in [7, 11) is 0. The molecule has 0 bridgehead atoms. The van der Waals surface area contributed by atoms with Gasteiger partial charge in [0, 0.05) is 25.2 Å². The van der Waals surface area contributed by atoms with Gasteiger partial charge in [0.2, 0.25) is 0 Å². The average molecular weight is 309 g/mol. The number of hydrogen-bond donors (Lipinski definition) is 1. The number of likely N-dealkylation sites (tertiary alicyclic amines) is 1. The van der Waals surface area contributed by atoms with E-state index in [0.717, 1.165) is 6.54 Å². The van der Waals surface area contributed by atoms with Crippen LogP contribution < -0.4 is 5.69 Å². The third-order valence-corrected chi connectivity index (χ3v) is 5.39. The Morgan fingerprint density at radius 1 is 1.22 bits per heavy atom. The van der Waals surface area contributed by atoms with Crippen LogP contribution in [0.2, 0.25) is 0 Å². The maximum absolute atomic E-state index is 12.7. The predicted molar refractivity (Wildman–Crippen MR) is 86.2 cm³/mol. The van der Waals surface area contributed by atoms with Crippen LogP contribution in [0.1, 0.15) is 41.2 Å². The molecule has 1 spiro atoms. The number of benzene rings is 1. The Morgan fingerprint density at radius 2 is 2.00 bits per heavy atom. The van der Waals surface area contributed by atoms with E-state index in [1.165, 1.54) is 31.0 Å². The van der Waals surface area contributed by atoms with Crippen molar-refractivity contribution in [2.75, 3.05) is 13.1 Å². The fraction of sp³-hybridized carbons (Fsp3) is 0.389. The van der Waals surface area contributed by atoms with Gasteiger partial charge in [-0.3, -0.25) is 4.79 Å². The van der Waals surface area contributed by atoms with Gasteiger partial charge < -0.3 is 9.88 Å². The molecule has 1 aromatic heterocycles. The lowest BCUT2D eigenvalue weighted by molar-refractivity contribution is 0.0719. The van der Waals surface area contributed by atoms with E-state index in [0.29, 0.717) is 18.2 Å². The molecular formula is C18H19N3O2. The predicted octanol–water partition coefficient (Wildman–Crippen LogP) is 2.18. The highest BCUT2D eigenvalue weighted by Crippen LogP contribution is 2.55. The Labute approximate surface area is 134 Å². The summed E-state index contributed by atoms with van der Waals surface area (Å²) in [6.45, 7) is 1.49. The zero-order chi connectivity index (χ0) is 15.9. The average Bonchev–Trinajstić information content (AvgIpc) is 2.96. The molecule has 23 heavy (non-hydrogen) atoms. The first-order valence-corrected chi connectivity index (χ1v) is 8.08. The number of aromatic nitrogens is 2. The third kappa shape index (κ3) is 2.36. The fourth-order valence-electron chi connectivity index (χ4n) is 4.07. The summed E-state index contributed by atoms with van der Waals surface area (Å²) in [6.07, 6.45) is 4.96. The number of amides is 1. The van der Waals surface area contributed by atoms with Crippen LogP contribution in [-0.2, 0) is 0 Å². The van der Waals surface area contributed by atoms with Crippen LogP contribution in [-0.4, -0.2) is 33.9 Å². The number of nitrogens with one attached hydrogen (secondary N) is 1. The molecular weight excluding hydrogens is 290 g/mol. The highest BCUT2D eigenvalue weighted by Gasteiger charge is 2.51. The number of H-pyrrole nitrogens is 1. The van der Waals surface area contributed by atoms with E-state index in [9.17, 15) is 9.59 Å². The van der Waals surface area contributed by atoms with Crippen LogP contribution in [0.4, 0.5) is 0 Å². The minimum absolute atomic E-state index is 0.103. The van der Waals surface area contributed by atoms with Crippen molar-refractivity contribution in [3.05, 3.63) is 64.3 Å². The second-order valence-electron chi connectivity index (χ2n) is 6.65. The van der Waals surface area contributed by atoms with Crippen molar-refractivity contribution in [2.24, 2.45) is 5.41 Å². The van der Waals surface area contributed by atoms with Gasteiger partial charge in [0.25, 0.3) is 5.91 Å². The minimum Gasteiger partial charge on any atom is -0.336 e. The zero-order valence-electron chi connectivity index (χ0n) is 12.9. The number of nitrogens with zero attached hydrogens (tertiary/aromatic N) is 2. The van der Waals surface area contributed by atoms with E-state index >= 15 is 0 Å². The molecule has 118 valence electrons. The standard InChI is InChI=1S/C18H19N3O2/c22-16(15-7-10-19-17(23)20-15)21-11-14(13-5-2-1-3-6-13)18(12-21)8-4-9-18/h1-3,5-7,10,14H,4,8-9,11-12H2,(H,19,20,23)/t14-/m1/s1. The van der Waals surface area contributed by atoms with E-state index in [1.54, 1.807) is 6.07 Å². The molecule has 1 atom stereocenters. The van der Waals surface area contributed by atoms with Crippen LogP contribution in [0.5, 0.6) is 0 Å². The third-order valence-electron chi connectivity index (χ3n) is 5.39. The van der Waals surface area contributed by atoms with Gasteiger partial charge in [-0.05, 0) is 29.9 Å². The number of rotatable bonds is 2. The Hall–Kier alpha value is -2.43. The molecule has 1 saturated carbocycles. The maximum atomic E-state index is 12.7. The van der Waals surface area contributed by atoms with Gasteiger partial charge in [0.05, 0.1) is 0 Å². The first-order chi connectivity index (χ1) is 11.2. The second kappa shape index (κ2) is 5.33. The van der Waals surface area contributed by atoms with Gasteiger partial charge in [-0.2, -0.15) is 0 Å². The number of aromatic amines is 1. The fourth-order valence-corrected chi connectivity index (χ4v) is 4.07. The van der Waals surface area contributed by atoms with Crippen LogP contribution >= 0.6 is 0 Å². The zero-order valence-corrected chi connectivity index (χ0v) is 12.9. The molecule has 2 heterocycles. The van der Waals surface area contributed by atoms with Crippen molar-refractivity contribution < 1.29 is 4.79 Å². The molecule has 2 aliphatic rings. The van der Waals surface area contributed by atoms with E-state index in [4.69, 9.17) is 0 Å². The Morgan fingerprint density at radius 3 is 2.65 bits per heavy atom. The highest BCUT2D eigenvalue weighted by molar-refractivity contribution is 5.92. The van der Waals surface area contributed by atoms with Crippen molar-refractivity contribution in [3.63, 3.8) is 0 Å². The maximum Gasteiger partial charge on any atom is 0.345 e. The molecule has 5 nitrogen and oxygen atoms in total. The second-order valence-corrected chi connectivity index (χ2v) is 6.65. The number of carbonyl (C=O) groups is 1. The Bertz CT molecular complexity index is 780. The van der Waals surface area contributed by atoms with Crippen molar-refractivity contribution in [1.82, 2.24) is 14.9 Å². The number of carbonyl (C=O) groups excluding carboxylic acids is 1. The van der Waals surface area contributed by atoms with Crippen LogP contribution in [0.3, 0.4) is 0 Å². The quantitative estimate of drug-likeness (QED) is 0.924. The van der Waals surface area contributed by atoms with Crippen molar-refractivity contribution in [1.29, 1.82) is 0 Å². The lowest BCUT2D eigenvalue weighted by Crippen LogP contribution is -2.38. The smallest absolute Gasteiger partial charge is 0.336 e. The van der Waals surface area contributed by atoms with E-state index in [-0.39, 0.29) is 11.3 Å². The summed E-state index contributed by atoms with van der Waals surface area (Å²) in [6, 6.07) is 12.0. The molecule has 1 amide bonds. The molecule has 1 aliphatic carbocycles. The van der Waals surface area contributed by atoms with E-state index in [1.807, 2.05) is 11.0 Å². The van der Waals surface area contributed by atoms with Crippen LogP contribution in [0, 0.1) is 5.41 Å². The van der Waals surface area contributed by atoms with E-state index in [2.05, 4.69) is 34.2 Å². The lowest BCUT2D eigenvalue weighted by atomic mass is 9.61. The first-order valence-electron chi connectivity index (χ1n) is 8.08. The minimum atomic E-state index is -0.479. The van der Waals surface area contributed by atoms with Gasteiger partial charge in [0.1, 0.15) is 5.69 Å². The normalized spacial score (nSPS) is 22.1. The van der Waals surface area contributed by atoms with Gasteiger partial charge in [-0.25, -0.2) is 9.78 Å². The van der Waals surface area contributed by atoms with Gasteiger partial charge in [-0.15, -0.1) is 0 Å². The topological polar surface area (TPSA) is 66.1 Å². The molecule has 1 saturated heterocycles. The SMILES string of the molecule is O=C(c1ccnc(=O)[nH]1)N1C[C@H](c2ccccc2)C2(CCC2)C1. The van der Waals surface area contributed by atoms with E-state index < -0.39 is 5.69 Å². The monoisotopic (exact) mass is 309 g/mol. The lowest BCUT2D eigenvalue weighted by Gasteiger charge is -2.43. The van der Waals surface area contributed by atoms with Gasteiger partial charge >= 0.3 is 5.69 Å². The largest absolute Gasteiger partial charge is 0.345 e. The van der Waals surface area contributed by atoms with Crippen molar-refractivity contribution >= 4 is 5.91 Å². The summed E-state index contributed by atoms with van der Waals surface area (Å²) >= 11 is 0. The van der Waals surface area contributed by atoms with Crippen molar-refractivity contribution in [3.8, 4) is 0 Å². The summed E-state index contributed by atoms with van der Waals surface area (Å²) in [5.74, 6) is 0.282. The first kappa shape index (κ1) is 14.2.